The monoisotopic (exact) mass is 304 g/mol. The summed E-state index contributed by atoms with van der Waals surface area (Å²) in [5.41, 5.74) is 0.688. The van der Waals surface area contributed by atoms with Crippen molar-refractivity contribution in [2.24, 2.45) is 11.8 Å². The van der Waals surface area contributed by atoms with E-state index in [0.717, 1.165) is 0 Å². The minimum atomic E-state index is -4.19. The Kier molecular flexibility index (Phi) is 4.74. The molecule has 1 nitrogen and oxygen atoms in total. The Hall–Kier alpha value is -1.03. The first-order chi connectivity index (χ1) is 9.38. The molecule has 5 heteroatoms. The van der Waals surface area contributed by atoms with Gasteiger partial charge in [-0.15, -0.1) is 0 Å². The number of benzene rings is 1. The molecule has 1 saturated carbocycles. The van der Waals surface area contributed by atoms with E-state index in [4.69, 9.17) is 11.6 Å². The molecule has 0 bridgehead atoms. The molecule has 110 valence electrons. The highest BCUT2D eigenvalue weighted by Gasteiger charge is 2.43. The molecule has 2 rings (SSSR count). The van der Waals surface area contributed by atoms with Gasteiger partial charge < -0.3 is 0 Å². The third kappa shape index (κ3) is 3.75. The number of hydrogen-bond acceptors (Lipinski definition) is 1. The van der Waals surface area contributed by atoms with E-state index in [9.17, 15) is 18.0 Å². The molecule has 0 heterocycles. The fourth-order valence-electron chi connectivity index (χ4n) is 2.75. The molecule has 1 fully saturated rings. The fraction of sp³-hybridized carbons (Fsp3) is 0.533. The highest BCUT2D eigenvalue weighted by Crippen LogP contribution is 2.40. The van der Waals surface area contributed by atoms with Gasteiger partial charge in [-0.05, 0) is 30.9 Å². The van der Waals surface area contributed by atoms with Crippen LogP contribution in [0.4, 0.5) is 13.2 Å². The lowest BCUT2D eigenvalue weighted by Crippen LogP contribution is -2.32. The van der Waals surface area contributed by atoms with Crippen LogP contribution in [0.3, 0.4) is 0 Å². The number of ketones is 1. The summed E-state index contributed by atoms with van der Waals surface area (Å²) in [6, 6.07) is 6.96. The molecule has 1 aromatic carbocycles. The average molecular weight is 305 g/mol. The molecular formula is C15H16ClF3O. The van der Waals surface area contributed by atoms with Crippen LogP contribution in [0, 0.1) is 11.8 Å². The molecule has 2 unspecified atom stereocenters. The first-order valence-corrected chi connectivity index (χ1v) is 7.08. The topological polar surface area (TPSA) is 17.1 Å². The van der Waals surface area contributed by atoms with Crippen LogP contribution >= 0.6 is 11.6 Å². The number of carbonyl (C=O) groups is 1. The van der Waals surface area contributed by atoms with Crippen molar-refractivity contribution in [3.05, 3.63) is 34.9 Å². The Balaban J connectivity index is 2.01. The first-order valence-electron chi connectivity index (χ1n) is 6.70. The van der Waals surface area contributed by atoms with Crippen molar-refractivity contribution in [1.29, 1.82) is 0 Å². The zero-order valence-corrected chi connectivity index (χ0v) is 11.7. The maximum atomic E-state index is 12.7. The van der Waals surface area contributed by atoms with Gasteiger partial charge in [-0.1, -0.05) is 36.2 Å². The van der Waals surface area contributed by atoms with Crippen molar-refractivity contribution >= 4 is 17.4 Å². The van der Waals surface area contributed by atoms with Gasteiger partial charge in [-0.25, -0.2) is 0 Å². The van der Waals surface area contributed by atoms with Crippen LogP contribution < -0.4 is 0 Å². The maximum absolute atomic E-state index is 12.7. The van der Waals surface area contributed by atoms with Gasteiger partial charge >= 0.3 is 6.18 Å². The summed E-state index contributed by atoms with van der Waals surface area (Å²) in [5.74, 6) is -1.96. The largest absolute Gasteiger partial charge is 0.391 e. The Morgan fingerprint density at radius 3 is 2.60 bits per heavy atom. The summed E-state index contributed by atoms with van der Waals surface area (Å²) >= 11 is 5.98. The van der Waals surface area contributed by atoms with E-state index in [1.54, 1.807) is 24.3 Å². The minimum absolute atomic E-state index is 0.0766. The highest BCUT2D eigenvalue weighted by molar-refractivity contribution is 6.31. The van der Waals surface area contributed by atoms with Gasteiger partial charge in [0.15, 0.2) is 0 Å². The first kappa shape index (κ1) is 15.4. The van der Waals surface area contributed by atoms with Gasteiger partial charge in [0.1, 0.15) is 5.78 Å². The lowest BCUT2D eigenvalue weighted by molar-refractivity contribution is -0.186. The van der Waals surface area contributed by atoms with Gasteiger partial charge in [-0.2, -0.15) is 13.2 Å². The Labute approximate surface area is 121 Å². The van der Waals surface area contributed by atoms with Crippen LogP contribution in [0.1, 0.15) is 31.2 Å². The molecule has 20 heavy (non-hydrogen) atoms. The smallest absolute Gasteiger partial charge is 0.299 e. The lowest BCUT2D eigenvalue weighted by atomic mass is 9.78. The van der Waals surface area contributed by atoms with E-state index in [1.807, 2.05) is 0 Å². The van der Waals surface area contributed by atoms with Crippen molar-refractivity contribution < 1.29 is 18.0 Å². The molecule has 0 radical (unpaired) electrons. The number of alkyl halides is 3. The molecular weight excluding hydrogens is 289 g/mol. The molecule has 0 aromatic heterocycles. The van der Waals surface area contributed by atoms with E-state index < -0.39 is 18.0 Å². The minimum Gasteiger partial charge on any atom is -0.299 e. The molecule has 0 N–H and O–H groups in total. The second-order valence-corrected chi connectivity index (χ2v) is 5.74. The molecule has 1 aromatic rings. The molecule has 0 spiro atoms. The van der Waals surface area contributed by atoms with E-state index in [2.05, 4.69) is 0 Å². The van der Waals surface area contributed by atoms with Crippen molar-refractivity contribution in [3.8, 4) is 0 Å². The molecule has 0 aliphatic heterocycles. The number of carbonyl (C=O) groups excluding carboxylic acids is 1. The normalized spacial score (nSPS) is 23.6. The molecule has 1 aliphatic rings. The van der Waals surface area contributed by atoms with E-state index >= 15 is 0 Å². The second-order valence-electron chi connectivity index (χ2n) is 5.34. The third-order valence-corrected chi connectivity index (χ3v) is 4.28. The number of hydrogen-bond donors (Lipinski definition) is 0. The molecule has 1 aliphatic carbocycles. The van der Waals surface area contributed by atoms with Gasteiger partial charge in [-0.3, -0.25) is 4.79 Å². The summed E-state index contributed by atoms with van der Waals surface area (Å²) in [6.07, 6.45) is -3.00. The van der Waals surface area contributed by atoms with Crippen molar-refractivity contribution in [2.45, 2.75) is 38.3 Å². The van der Waals surface area contributed by atoms with Crippen molar-refractivity contribution in [2.75, 3.05) is 0 Å². The predicted molar refractivity (Wildman–Crippen MR) is 71.7 cm³/mol. The van der Waals surface area contributed by atoms with Crippen molar-refractivity contribution in [1.82, 2.24) is 0 Å². The SMILES string of the molecule is O=C(Cc1ccccc1Cl)C1CCCC(C(F)(F)F)C1. The van der Waals surface area contributed by atoms with E-state index in [0.29, 0.717) is 23.4 Å². The lowest BCUT2D eigenvalue weighted by Gasteiger charge is -2.29. The van der Waals surface area contributed by atoms with Crippen LogP contribution in [-0.2, 0) is 11.2 Å². The standard InChI is InChI=1S/C15H16ClF3O/c16-13-7-2-1-4-10(13)9-14(20)11-5-3-6-12(8-11)15(17,18)19/h1-2,4,7,11-12H,3,5-6,8-9H2. The van der Waals surface area contributed by atoms with Gasteiger partial charge in [0, 0.05) is 17.4 Å². The Bertz CT molecular complexity index is 484. The number of Topliss-reactive ketones (excluding diaryl/α,β-unsaturated/α-hetero) is 1. The van der Waals surface area contributed by atoms with E-state index in [1.165, 1.54) is 0 Å². The van der Waals surface area contributed by atoms with Gasteiger partial charge in [0.25, 0.3) is 0 Å². The van der Waals surface area contributed by atoms with Crippen LogP contribution in [0.2, 0.25) is 5.02 Å². The quantitative estimate of drug-likeness (QED) is 0.782. The van der Waals surface area contributed by atoms with Crippen molar-refractivity contribution in [3.63, 3.8) is 0 Å². The zero-order chi connectivity index (χ0) is 14.8. The maximum Gasteiger partial charge on any atom is 0.391 e. The van der Waals surface area contributed by atoms with Crippen LogP contribution in [0.15, 0.2) is 24.3 Å². The van der Waals surface area contributed by atoms with Crippen LogP contribution in [0.25, 0.3) is 0 Å². The summed E-state index contributed by atoms with van der Waals surface area (Å²) < 4.78 is 38.2. The molecule has 0 amide bonds. The molecule has 0 saturated heterocycles. The Morgan fingerprint density at radius 2 is 1.95 bits per heavy atom. The summed E-state index contributed by atoms with van der Waals surface area (Å²) in [7, 11) is 0. The second kappa shape index (κ2) is 6.17. The number of rotatable bonds is 3. The summed E-state index contributed by atoms with van der Waals surface area (Å²) in [6.45, 7) is 0. The Morgan fingerprint density at radius 1 is 1.25 bits per heavy atom. The van der Waals surface area contributed by atoms with Crippen LogP contribution in [-0.4, -0.2) is 12.0 Å². The summed E-state index contributed by atoms with van der Waals surface area (Å²) in [4.78, 5) is 12.2. The average Bonchev–Trinajstić information content (AvgIpc) is 2.40. The van der Waals surface area contributed by atoms with Gasteiger partial charge in [0.2, 0.25) is 0 Å². The predicted octanol–water partition coefficient (Wildman–Crippen LogP) is 4.82. The van der Waals surface area contributed by atoms with E-state index in [-0.39, 0.29) is 25.0 Å². The fourth-order valence-corrected chi connectivity index (χ4v) is 2.96. The zero-order valence-electron chi connectivity index (χ0n) is 10.9. The molecule has 2 atom stereocenters. The van der Waals surface area contributed by atoms with Crippen LogP contribution in [0.5, 0.6) is 0 Å². The summed E-state index contributed by atoms with van der Waals surface area (Å²) in [5, 5.41) is 0.490. The third-order valence-electron chi connectivity index (χ3n) is 3.91. The van der Waals surface area contributed by atoms with Gasteiger partial charge in [0.05, 0.1) is 5.92 Å². The number of halogens is 4. The highest BCUT2D eigenvalue weighted by atomic mass is 35.5.